The molecule has 0 spiro atoms. The molecule has 110 valence electrons. The highest BCUT2D eigenvalue weighted by atomic mass is 79.9. The first-order valence-corrected chi connectivity index (χ1v) is 6.15. The van der Waals surface area contributed by atoms with Gasteiger partial charge in [0.25, 0.3) is 0 Å². The van der Waals surface area contributed by atoms with Crippen LogP contribution in [0.3, 0.4) is 0 Å². The first kappa shape index (κ1) is 16.6. The number of benzene rings is 1. The lowest BCUT2D eigenvalue weighted by Crippen LogP contribution is -2.40. The number of halogens is 5. The quantitative estimate of drug-likeness (QED) is 0.644. The Labute approximate surface area is 120 Å². The summed E-state index contributed by atoms with van der Waals surface area (Å²) in [6.45, 7) is -0.965. The van der Waals surface area contributed by atoms with Gasteiger partial charge >= 0.3 is 6.18 Å². The number of aliphatic hydroxyl groups excluding tert-OH is 1. The predicted molar refractivity (Wildman–Crippen MR) is 68.2 cm³/mol. The summed E-state index contributed by atoms with van der Waals surface area (Å²) >= 11 is 3.12. The molecule has 8 heteroatoms. The molecule has 0 heterocycles. The van der Waals surface area contributed by atoms with E-state index in [2.05, 4.69) is 15.9 Å². The third kappa shape index (κ3) is 5.30. The van der Waals surface area contributed by atoms with E-state index in [1.54, 1.807) is 0 Å². The second-order valence-corrected chi connectivity index (χ2v) is 4.72. The molecule has 1 aromatic rings. The van der Waals surface area contributed by atoms with E-state index in [9.17, 15) is 22.4 Å². The highest BCUT2D eigenvalue weighted by Gasteiger charge is 2.37. The lowest BCUT2D eigenvalue weighted by atomic mass is 10.2. The van der Waals surface area contributed by atoms with Crippen LogP contribution in [0, 0.1) is 5.82 Å². The summed E-state index contributed by atoms with van der Waals surface area (Å²) in [5.41, 5.74) is 0.103. The smallest absolute Gasteiger partial charge is 0.382 e. The minimum Gasteiger partial charge on any atom is -0.382 e. The van der Waals surface area contributed by atoms with E-state index in [-0.39, 0.29) is 5.56 Å². The van der Waals surface area contributed by atoms with Crippen molar-refractivity contribution in [1.29, 1.82) is 0 Å². The van der Waals surface area contributed by atoms with Crippen LogP contribution < -0.4 is 5.32 Å². The maximum atomic E-state index is 13.3. The van der Waals surface area contributed by atoms with Crippen LogP contribution in [0.5, 0.6) is 0 Å². The van der Waals surface area contributed by atoms with Gasteiger partial charge in [-0.05, 0) is 24.3 Å². The van der Waals surface area contributed by atoms with Crippen molar-refractivity contribution in [3.05, 3.63) is 40.1 Å². The van der Waals surface area contributed by atoms with Gasteiger partial charge in [-0.2, -0.15) is 13.2 Å². The van der Waals surface area contributed by atoms with Crippen LogP contribution >= 0.6 is 15.9 Å². The van der Waals surface area contributed by atoms with Crippen molar-refractivity contribution < 1.29 is 27.5 Å². The first-order valence-electron chi connectivity index (χ1n) is 5.36. The molecule has 2 N–H and O–H groups in total. The zero-order valence-corrected chi connectivity index (χ0v) is 11.5. The molecule has 1 rings (SSSR count). The molecule has 1 atom stereocenters. The molecule has 0 aliphatic rings. The molecule has 0 saturated heterocycles. The minimum absolute atomic E-state index is 0.103. The van der Waals surface area contributed by atoms with Crippen LogP contribution in [0.15, 0.2) is 28.7 Å². The summed E-state index contributed by atoms with van der Waals surface area (Å²) in [7, 11) is 0. The number of hydrogen-bond acceptors (Lipinski definition) is 2. The highest BCUT2D eigenvalue weighted by molar-refractivity contribution is 9.10. The van der Waals surface area contributed by atoms with Crippen molar-refractivity contribution in [2.75, 3.05) is 6.54 Å². The highest BCUT2D eigenvalue weighted by Crippen LogP contribution is 2.19. The summed E-state index contributed by atoms with van der Waals surface area (Å²) in [6.07, 6.45) is -5.43. The molecule has 1 unspecified atom stereocenters. The van der Waals surface area contributed by atoms with Gasteiger partial charge in [-0.1, -0.05) is 15.9 Å². The number of rotatable bonds is 4. The van der Waals surface area contributed by atoms with Gasteiger partial charge < -0.3 is 10.4 Å². The Morgan fingerprint density at radius 3 is 2.70 bits per heavy atom. The lowest BCUT2D eigenvalue weighted by Gasteiger charge is -2.14. The topological polar surface area (TPSA) is 49.3 Å². The Morgan fingerprint density at radius 1 is 1.45 bits per heavy atom. The Hall–Kier alpha value is -1.41. The van der Waals surface area contributed by atoms with Crippen LogP contribution in [-0.2, 0) is 4.79 Å². The number of aliphatic hydroxyl groups is 1. The van der Waals surface area contributed by atoms with Gasteiger partial charge in [0.1, 0.15) is 5.82 Å². The number of nitrogens with one attached hydrogen (secondary N) is 1. The zero-order chi connectivity index (χ0) is 15.3. The number of alkyl halides is 3. The molecule has 0 fully saturated rings. The van der Waals surface area contributed by atoms with Gasteiger partial charge in [0.05, 0.1) is 6.54 Å². The lowest BCUT2D eigenvalue weighted by molar-refractivity contribution is -0.201. The second-order valence-electron chi connectivity index (χ2n) is 3.80. The number of hydrogen-bond donors (Lipinski definition) is 2. The van der Waals surface area contributed by atoms with Crippen LogP contribution in [-0.4, -0.2) is 29.8 Å². The van der Waals surface area contributed by atoms with Crippen LogP contribution in [0.25, 0.3) is 6.08 Å². The van der Waals surface area contributed by atoms with Crippen LogP contribution in [0.2, 0.25) is 0 Å². The maximum Gasteiger partial charge on any atom is 0.416 e. The first-order chi connectivity index (χ1) is 9.20. The Balaban J connectivity index is 2.58. The van der Waals surface area contributed by atoms with E-state index in [0.29, 0.717) is 4.47 Å². The molecule has 0 aliphatic carbocycles. The van der Waals surface area contributed by atoms with Gasteiger partial charge in [-0.25, -0.2) is 4.39 Å². The van der Waals surface area contributed by atoms with Gasteiger partial charge in [-0.3, -0.25) is 4.79 Å². The number of carbonyl (C=O) groups excluding carboxylic acids is 1. The van der Waals surface area contributed by atoms with Crippen molar-refractivity contribution in [3.8, 4) is 0 Å². The molecule has 0 aromatic heterocycles. The molecule has 20 heavy (non-hydrogen) atoms. The fourth-order valence-corrected chi connectivity index (χ4v) is 1.56. The third-order valence-electron chi connectivity index (χ3n) is 2.22. The van der Waals surface area contributed by atoms with Crippen LogP contribution in [0.4, 0.5) is 17.6 Å². The molecular weight excluding hydrogens is 346 g/mol. The third-order valence-corrected chi connectivity index (χ3v) is 2.71. The largest absolute Gasteiger partial charge is 0.416 e. The standard InChI is InChI=1S/C12H10BrF4NO2/c13-8-2-3-9(14)7(5-8)1-4-11(20)18-6-10(19)12(15,16)17/h1-5,10,19H,6H2,(H,18,20)/b4-1+. The van der Waals surface area contributed by atoms with Crippen molar-refractivity contribution in [2.45, 2.75) is 12.3 Å². The predicted octanol–water partition coefficient (Wildman–Crippen LogP) is 2.64. The van der Waals surface area contributed by atoms with E-state index in [4.69, 9.17) is 5.11 Å². The van der Waals surface area contributed by atoms with Gasteiger partial charge in [0, 0.05) is 16.1 Å². The molecule has 0 aliphatic heterocycles. The number of carbonyl (C=O) groups is 1. The fourth-order valence-electron chi connectivity index (χ4n) is 1.18. The van der Waals surface area contributed by atoms with Gasteiger partial charge in [0.15, 0.2) is 6.10 Å². The summed E-state index contributed by atoms with van der Waals surface area (Å²) in [6, 6.07) is 4.05. The van der Waals surface area contributed by atoms with Gasteiger partial charge in [0.2, 0.25) is 5.91 Å². The number of amides is 1. The van der Waals surface area contributed by atoms with Crippen molar-refractivity contribution in [1.82, 2.24) is 5.32 Å². The monoisotopic (exact) mass is 355 g/mol. The normalized spacial score (nSPS) is 13.5. The fraction of sp³-hybridized carbons (Fsp3) is 0.250. The van der Waals surface area contributed by atoms with Crippen LogP contribution in [0.1, 0.15) is 5.56 Å². The Kier molecular flexibility index (Phi) is 5.70. The molecule has 1 aromatic carbocycles. The molecule has 3 nitrogen and oxygen atoms in total. The van der Waals surface area contributed by atoms with Gasteiger partial charge in [-0.15, -0.1) is 0 Å². The average Bonchev–Trinajstić information content (AvgIpc) is 2.35. The van der Waals surface area contributed by atoms with E-state index in [1.807, 2.05) is 5.32 Å². The molecule has 0 radical (unpaired) electrons. The maximum absolute atomic E-state index is 13.3. The molecule has 1 amide bonds. The minimum atomic E-state index is -4.80. The average molecular weight is 356 g/mol. The van der Waals surface area contributed by atoms with Crippen molar-refractivity contribution in [2.24, 2.45) is 0 Å². The van der Waals surface area contributed by atoms with E-state index >= 15 is 0 Å². The zero-order valence-electron chi connectivity index (χ0n) is 9.92. The summed E-state index contributed by atoms with van der Waals surface area (Å²) in [5, 5.41) is 10.5. The van der Waals surface area contributed by atoms with Crippen molar-refractivity contribution in [3.63, 3.8) is 0 Å². The Morgan fingerprint density at radius 2 is 2.10 bits per heavy atom. The summed E-state index contributed by atoms with van der Waals surface area (Å²) in [5.74, 6) is -1.44. The van der Waals surface area contributed by atoms with E-state index in [1.165, 1.54) is 18.2 Å². The summed E-state index contributed by atoms with van der Waals surface area (Å²) in [4.78, 5) is 11.2. The molecule has 0 saturated carbocycles. The SMILES string of the molecule is O=C(/C=C/c1cc(Br)ccc1F)NCC(O)C(F)(F)F. The Bertz CT molecular complexity index is 517. The molecular formula is C12H10BrF4NO2. The second kappa shape index (κ2) is 6.85. The molecule has 0 bridgehead atoms. The van der Waals surface area contributed by atoms with E-state index < -0.39 is 30.5 Å². The van der Waals surface area contributed by atoms with Crippen molar-refractivity contribution >= 4 is 27.9 Å². The summed E-state index contributed by atoms with van der Waals surface area (Å²) < 4.78 is 49.8. The van der Waals surface area contributed by atoms with E-state index in [0.717, 1.165) is 12.2 Å².